The van der Waals surface area contributed by atoms with Gasteiger partial charge >= 0.3 is 12.1 Å². The summed E-state index contributed by atoms with van der Waals surface area (Å²) in [4.78, 5) is 39.8. The van der Waals surface area contributed by atoms with Crippen LogP contribution in [0.25, 0.3) is 11.1 Å². The van der Waals surface area contributed by atoms with Crippen molar-refractivity contribution in [3.8, 4) is 11.1 Å². The van der Waals surface area contributed by atoms with Crippen molar-refractivity contribution in [3.63, 3.8) is 0 Å². The maximum atomic E-state index is 12.7. The smallest absolute Gasteiger partial charge is 0.407 e. The number of hydrogen-bond donors (Lipinski definition) is 3. The second-order valence-corrected chi connectivity index (χ2v) is 17.7. The highest BCUT2D eigenvalue weighted by Crippen LogP contribution is 2.48. The summed E-state index contributed by atoms with van der Waals surface area (Å²) in [5.41, 5.74) is 11.9. The summed E-state index contributed by atoms with van der Waals surface area (Å²) in [6, 6.07) is 32.3. The van der Waals surface area contributed by atoms with E-state index in [4.69, 9.17) is 4.74 Å². The third-order valence-corrected chi connectivity index (χ3v) is 12.9. The van der Waals surface area contributed by atoms with E-state index in [1.165, 1.54) is 33.9 Å². The number of allylic oxidation sites excluding steroid dienone is 6. The summed E-state index contributed by atoms with van der Waals surface area (Å²) in [5, 5.41) is 15.3. The van der Waals surface area contributed by atoms with Gasteiger partial charge in [-0.15, -0.1) is 0 Å². The van der Waals surface area contributed by atoms with Gasteiger partial charge in [-0.2, -0.15) is 4.58 Å². The highest BCUT2D eigenvalue weighted by Gasteiger charge is 2.42. The molecule has 0 saturated carbocycles. The maximum absolute atomic E-state index is 12.7. The molecule has 9 nitrogen and oxygen atoms in total. The molecule has 0 radical (unpaired) electrons. The van der Waals surface area contributed by atoms with Gasteiger partial charge in [0, 0.05) is 59.9 Å². The van der Waals surface area contributed by atoms with Crippen molar-refractivity contribution >= 4 is 35.1 Å². The first-order valence-electron chi connectivity index (χ1n) is 22.1. The monoisotopic (exact) mass is 833 g/mol. The molecule has 0 unspecified atom stereocenters. The van der Waals surface area contributed by atoms with E-state index in [0.29, 0.717) is 25.8 Å². The van der Waals surface area contributed by atoms with Gasteiger partial charge in [0.25, 0.3) is 0 Å². The Hall–Kier alpha value is -6.22. The number of unbranched alkanes of at least 4 members (excludes halogenated alkanes) is 3. The number of carbonyl (C=O) groups excluding carboxylic acids is 2. The minimum atomic E-state index is -1.11. The zero-order valence-electron chi connectivity index (χ0n) is 36.8. The van der Waals surface area contributed by atoms with Crippen LogP contribution in [0.3, 0.4) is 0 Å². The fraction of sp³-hybridized carbons (Fsp3) is 0.358. The first-order chi connectivity index (χ1) is 29.9. The summed E-state index contributed by atoms with van der Waals surface area (Å²) >= 11 is 0. The van der Waals surface area contributed by atoms with Crippen molar-refractivity contribution in [3.05, 3.63) is 155 Å². The van der Waals surface area contributed by atoms with E-state index in [0.717, 1.165) is 48.1 Å². The van der Waals surface area contributed by atoms with Gasteiger partial charge < -0.3 is 25.4 Å². The Kier molecular flexibility index (Phi) is 13.6. The summed E-state index contributed by atoms with van der Waals surface area (Å²) < 4.78 is 7.85. The molecule has 2 amide bonds. The number of hydrogen-bond acceptors (Lipinski definition) is 5. The fourth-order valence-electron chi connectivity index (χ4n) is 9.60. The number of nitrogens with one attached hydrogen (secondary N) is 2. The molecule has 62 heavy (non-hydrogen) atoms. The van der Waals surface area contributed by atoms with Crippen LogP contribution in [0.15, 0.2) is 133 Å². The lowest BCUT2D eigenvalue weighted by molar-refractivity contribution is -0.401. The molecule has 0 bridgehead atoms. The molecule has 9 heteroatoms. The average molecular weight is 834 g/mol. The van der Waals surface area contributed by atoms with Crippen LogP contribution < -0.4 is 15.5 Å². The first kappa shape index (κ1) is 43.9. The standard InChI is InChI=1S/C53H60N4O5/c1-52(2)42-26-15-17-29-45(42)56(5)47(52)31-8-6-9-32-48-53(3,4)43-27-16-18-30-46(43)57(48)35-21-7-10-33-49(58)54-34-20-19-28-44(50(59)60)55-51(61)62-36-41-39-24-13-11-22-37(39)38-23-12-14-25-40(38)41/h6,8-9,11-18,22-27,29-32,41,44H,7,10,19-21,28,33-36H2,1-5H3,(H2-,54,55,58,59,60,61)/p+1/t44-/m0/s1. The predicted octanol–water partition coefficient (Wildman–Crippen LogP) is 10.3. The molecular weight excluding hydrogens is 773 g/mol. The minimum Gasteiger partial charge on any atom is -0.480 e. The number of carbonyl (C=O) groups is 3. The van der Waals surface area contributed by atoms with Gasteiger partial charge in [0.05, 0.1) is 5.41 Å². The van der Waals surface area contributed by atoms with Crippen LogP contribution in [0.5, 0.6) is 0 Å². The van der Waals surface area contributed by atoms with E-state index < -0.39 is 18.1 Å². The number of amides is 2. The molecule has 3 aliphatic rings. The normalized spacial score (nSPS) is 17.0. The molecule has 4 aromatic rings. The molecule has 4 aromatic carbocycles. The van der Waals surface area contributed by atoms with E-state index in [1.807, 2.05) is 36.4 Å². The Bertz CT molecular complexity index is 2380. The van der Waals surface area contributed by atoms with Crippen molar-refractivity contribution in [2.24, 2.45) is 0 Å². The third-order valence-electron chi connectivity index (χ3n) is 12.9. The lowest BCUT2D eigenvalue weighted by Crippen LogP contribution is -2.41. The van der Waals surface area contributed by atoms with Gasteiger partial charge in [0.2, 0.25) is 11.6 Å². The van der Waals surface area contributed by atoms with Crippen molar-refractivity contribution in [1.29, 1.82) is 0 Å². The second kappa shape index (κ2) is 19.2. The molecule has 1 atom stereocenters. The topological polar surface area (TPSA) is 111 Å². The first-order valence-corrected chi connectivity index (χ1v) is 22.1. The van der Waals surface area contributed by atoms with Crippen LogP contribution in [-0.2, 0) is 25.2 Å². The number of ether oxygens (including phenoxy) is 1. The van der Waals surface area contributed by atoms with Crippen LogP contribution >= 0.6 is 0 Å². The number of fused-ring (bicyclic) bond motifs is 5. The van der Waals surface area contributed by atoms with Gasteiger partial charge in [-0.3, -0.25) is 4.79 Å². The Labute approximate surface area is 366 Å². The number of rotatable bonds is 18. The Morgan fingerprint density at radius 2 is 1.44 bits per heavy atom. The lowest BCUT2D eigenvalue weighted by Gasteiger charge is -2.27. The molecule has 0 saturated heterocycles. The second-order valence-electron chi connectivity index (χ2n) is 17.7. The molecule has 1 aliphatic carbocycles. The Morgan fingerprint density at radius 1 is 0.774 bits per heavy atom. The van der Waals surface area contributed by atoms with Gasteiger partial charge in [0.1, 0.15) is 19.7 Å². The molecule has 2 heterocycles. The van der Waals surface area contributed by atoms with Crippen molar-refractivity contribution in [2.75, 3.05) is 31.6 Å². The molecule has 322 valence electrons. The van der Waals surface area contributed by atoms with Gasteiger partial charge in [-0.05, 0) is 85.9 Å². The largest absolute Gasteiger partial charge is 0.480 e. The Balaban J connectivity index is 0.820. The SMILES string of the molecule is C[N+]1=C(C=CC=CC=C2N(CCCCCC(=O)NCCCC[C@H](NC(=O)OCC3c4ccccc4-c4ccccc43)C(=O)O)c3ccccc3C2(C)C)C(C)(C)c2ccccc21. The van der Waals surface area contributed by atoms with Crippen LogP contribution in [0.1, 0.15) is 101 Å². The number of para-hydroxylation sites is 2. The zero-order chi connectivity index (χ0) is 43.9. The molecule has 0 aromatic heterocycles. The quantitative estimate of drug-likeness (QED) is 0.0523. The van der Waals surface area contributed by atoms with E-state index in [9.17, 15) is 19.5 Å². The molecule has 0 fully saturated rings. The van der Waals surface area contributed by atoms with Crippen LogP contribution in [0, 0.1) is 0 Å². The maximum Gasteiger partial charge on any atom is 0.407 e. The van der Waals surface area contributed by atoms with Gasteiger partial charge in [-0.25, -0.2) is 9.59 Å². The van der Waals surface area contributed by atoms with E-state index >= 15 is 0 Å². The molecule has 0 spiro atoms. The van der Waals surface area contributed by atoms with E-state index in [-0.39, 0.29) is 35.7 Å². The van der Waals surface area contributed by atoms with Gasteiger partial charge in [0.15, 0.2) is 5.71 Å². The van der Waals surface area contributed by atoms with Crippen molar-refractivity contribution in [2.45, 2.75) is 95.4 Å². The highest BCUT2D eigenvalue weighted by molar-refractivity contribution is 6.03. The minimum absolute atomic E-state index is 0.00259. The molecule has 2 aliphatic heterocycles. The summed E-state index contributed by atoms with van der Waals surface area (Å²) in [6.07, 6.45) is 14.6. The number of carboxylic acid groups (broad SMARTS) is 1. The van der Waals surface area contributed by atoms with E-state index in [2.05, 4.69) is 146 Å². The highest BCUT2D eigenvalue weighted by atomic mass is 16.5. The van der Waals surface area contributed by atoms with Gasteiger partial charge in [-0.1, -0.05) is 123 Å². The number of carboxylic acids is 1. The molecule has 7 rings (SSSR count). The summed E-state index contributed by atoms with van der Waals surface area (Å²) in [5.74, 6) is -1.22. The summed E-state index contributed by atoms with van der Waals surface area (Å²) in [6.45, 7) is 10.6. The third kappa shape index (κ3) is 9.32. The van der Waals surface area contributed by atoms with Crippen LogP contribution in [-0.4, -0.2) is 66.1 Å². The van der Waals surface area contributed by atoms with E-state index in [1.54, 1.807) is 0 Å². The number of benzene rings is 4. The van der Waals surface area contributed by atoms with Crippen LogP contribution in [0.2, 0.25) is 0 Å². The fourth-order valence-corrected chi connectivity index (χ4v) is 9.60. The molecule has 3 N–H and O–H groups in total. The lowest BCUT2D eigenvalue weighted by atomic mass is 9.81. The zero-order valence-corrected chi connectivity index (χ0v) is 36.8. The van der Waals surface area contributed by atoms with Crippen molar-refractivity contribution in [1.82, 2.24) is 10.6 Å². The number of aliphatic carboxylic acids is 1. The Morgan fingerprint density at radius 3 is 2.15 bits per heavy atom. The predicted molar refractivity (Wildman–Crippen MR) is 248 cm³/mol. The number of nitrogens with zero attached hydrogens (tertiary/aromatic N) is 2. The number of alkyl carbamates (subject to hydrolysis) is 1. The summed E-state index contributed by atoms with van der Waals surface area (Å²) in [7, 11) is 2.14. The van der Waals surface area contributed by atoms with Crippen LogP contribution in [0.4, 0.5) is 16.2 Å². The number of anilines is 1. The average Bonchev–Trinajstić information content (AvgIpc) is 3.77. The molecular formula is C53H61N4O5+. The van der Waals surface area contributed by atoms with Crippen molar-refractivity contribution < 1.29 is 28.8 Å².